The third-order valence-electron chi connectivity index (χ3n) is 5.60. The van der Waals surface area contributed by atoms with Gasteiger partial charge < -0.3 is 31.9 Å². The molecule has 6 atom stereocenters. The molecule has 0 spiro atoms. The lowest BCUT2D eigenvalue weighted by atomic mass is 9.97. The molecular formula is C21H38N4O7. The Labute approximate surface area is 188 Å². The van der Waals surface area contributed by atoms with Gasteiger partial charge in [0.15, 0.2) is 0 Å². The van der Waals surface area contributed by atoms with Gasteiger partial charge in [-0.1, -0.05) is 54.4 Å². The van der Waals surface area contributed by atoms with Gasteiger partial charge in [-0.3, -0.25) is 19.2 Å². The molecule has 0 saturated carbocycles. The molecule has 11 nitrogen and oxygen atoms in total. The van der Waals surface area contributed by atoms with Crippen LogP contribution in [0.3, 0.4) is 0 Å². The largest absolute Gasteiger partial charge is 0.481 e. The third-order valence-corrected chi connectivity index (χ3v) is 5.60. The van der Waals surface area contributed by atoms with Crippen molar-refractivity contribution in [3.63, 3.8) is 0 Å². The highest BCUT2D eigenvalue weighted by atomic mass is 16.4. The molecule has 0 radical (unpaired) electrons. The summed E-state index contributed by atoms with van der Waals surface area (Å²) in [6.07, 6.45) is 0.419. The van der Waals surface area contributed by atoms with Crippen LogP contribution in [0.5, 0.6) is 0 Å². The molecular weight excluding hydrogens is 420 g/mol. The normalized spacial score (nSPS) is 16.8. The van der Waals surface area contributed by atoms with Crippen molar-refractivity contribution in [1.82, 2.24) is 16.0 Å². The van der Waals surface area contributed by atoms with Gasteiger partial charge in [0.2, 0.25) is 17.7 Å². The van der Waals surface area contributed by atoms with Crippen molar-refractivity contribution in [1.29, 1.82) is 0 Å². The minimum Gasteiger partial charge on any atom is -0.481 e. The first-order valence-corrected chi connectivity index (χ1v) is 10.9. The smallest absolute Gasteiger partial charge is 0.326 e. The van der Waals surface area contributed by atoms with Gasteiger partial charge in [0.05, 0.1) is 12.5 Å². The van der Waals surface area contributed by atoms with Crippen molar-refractivity contribution in [2.24, 2.45) is 23.5 Å². The van der Waals surface area contributed by atoms with Gasteiger partial charge >= 0.3 is 11.9 Å². The van der Waals surface area contributed by atoms with E-state index in [1.165, 1.54) is 0 Å². The lowest BCUT2D eigenvalue weighted by molar-refractivity contribution is -0.144. The van der Waals surface area contributed by atoms with Crippen LogP contribution in [0.2, 0.25) is 0 Å². The third kappa shape index (κ3) is 9.21. The average Bonchev–Trinajstić information content (AvgIpc) is 2.72. The number of carbonyl (C=O) groups excluding carboxylic acids is 3. The van der Waals surface area contributed by atoms with E-state index < -0.39 is 66.2 Å². The predicted molar refractivity (Wildman–Crippen MR) is 117 cm³/mol. The van der Waals surface area contributed by atoms with Crippen LogP contribution in [0.15, 0.2) is 0 Å². The van der Waals surface area contributed by atoms with Crippen molar-refractivity contribution in [3.8, 4) is 0 Å². The maximum Gasteiger partial charge on any atom is 0.326 e. The standard InChI is InChI=1S/C21H38N4O7/c1-7-11(5)15(22)19(29)23-13(9-14(26)27)18(28)24-16(10(3)4)20(30)25-17(21(31)32)12(6)8-2/h10-13,15-17H,7-9,22H2,1-6H3,(H,23,29)(H,24,28)(H,25,30)(H,26,27)(H,31,32). The van der Waals surface area contributed by atoms with Gasteiger partial charge in [0.25, 0.3) is 0 Å². The molecule has 0 heterocycles. The predicted octanol–water partition coefficient (Wildman–Crippen LogP) is 0.0756. The lowest BCUT2D eigenvalue weighted by Crippen LogP contribution is -2.59. The van der Waals surface area contributed by atoms with Crippen LogP contribution in [-0.4, -0.2) is 64.0 Å². The summed E-state index contributed by atoms with van der Waals surface area (Å²) >= 11 is 0. The number of carboxylic acids is 2. The zero-order chi connectivity index (χ0) is 25.2. The molecule has 11 heteroatoms. The van der Waals surface area contributed by atoms with Crippen LogP contribution in [0.1, 0.15) is 60.8 Å². The first-order chi connectivity index (χ1) is 14.8. The highest BCUT2D eigenvalue weighted by Crippen LogP contribution is 2.11. The molecule has 0 aliphatic rings. The average molecular weight is 459 g/mol. The maximum absolute atomic E-state index is 12.8. The number of nitrogens with two attached hydrogens (primary N) is 1. The second-order valence-corrected chi connectivity index (χ2v) is 8.51. The van der Waals surface area contributed by atoms with E-state index in [4.69, 9.17) is 10.8 Å². The molecule has 0 aromatic rings. The minimum atomic E-state index is -1.45. The maximum atomic E-state index is 12.8. The molecule has 32 heavy (non-hydrogen) atoms. The van der Waals surface area contributed by atoms with E-state index in [2.05, 4.69) is 16.0 Å². The van der Waals surface area contributed by atoms with E-state index in [1.54, 1.807) is 34.6 Å². The van der Waals surface area contributed by atoms with Crippen LogP contribution in [0.25, 0.3) is 0 Å². The molecule has 184 valence electrons. The Morgan fingerprint density at radius 2 is 1.25 bits per heavy atom. The quantitative estimate of drug-likeness (QED) is 0.211. The summed E-state index contributed by atoms with van der Waals surface area (Å²) < 4.78 is 0. The van der Waals surface area contributed by atoms with E-state index in [0.29, 0.717) is 12.8 Å². The highest BCUT2D eigenvalue weighted by molar-refractivity contribution is 5.95. The van der Waals surface area contributed by atoms with E-state index >= 15 is 0 Å². The van der Waals surface area contributed by atoms with Gasteiger partial charge in [0, 0.05) is 0 Å². The van der Waals surface area contributed by atoms with Crippen LogP contribution in [0, 0.1) is 17.8 Å². The fraction of sp³-hybridized carbons (Fsp3) is 0.762. The Kier molecular flexibility index (Phi) is 12.5. The molecule has 0 rings (SSSR count). The zero-order valence-corrected chi connectivity index (χ0v) is 19.7. The van der Waals surface area contributed by atoms with Crippen molar-refractivity contribution in [3.05, 3.63) is 0 Å². The molecule has 6 unspecified atom stereocenters. The summed E-state index contributed by atoms with van der Waals surface area (Å²) in [6, 6.07) is -4.66. The molecule has 0 aromatic heterocycles. The van der Waals surface area contributed by atoms with Crippen LogP contribution >= 0.6 is 0 Å². The number of rotatable bonds is 14. The fourth-order valence-electron chi connectivity index (χ4n) is 2.88. The van der Waals surface area contributed by atoms with E-state index in [9.17, 15) is 29.1 Å². The molecule has 0 bridgehead atoms. The number of amides is 3. The van der Waals surface area contributed by atoms with Gasteiger partial charge in [0.1, 0.15) is 18.1 Å². The molecule has 3 amide bonds. The number of hydrogen-bond donors (Lipinski definition) is 6. The fourth-order valence-corrected chi connectivity index (χ4v) is 2.88. The van der Waals surface area contributed by atoms with Gasteiger partial charge in [-0.15, -0.1) is 0 Å². The molecule has 0 aliphatic carbocycles. The van der Waals surface area contributed by atoms with Gasteiger partial charge in [-0.05, 0) is 17.8 Å². The highest BCUT2D eigenvalue weighted by Gasteiger charge is 2.34. The van der Waals surface area contributed by atoms with E-state index in [-0.39, 0.29) is 11.8 Å². The molecule has 0 saturated heterocycles. The Hall–Kier alpha value is -2.69. The Balaban J connectivity index is 5.53. The van der Waals surface area contributed by atoms with Crippen LogP contribution in [-0.2, 0) is 24.0 Å². The van der Waals surface area contributed by atoms with Crippen LogP contribution < -0.4 is 21.7 Å². The second kappa shape index (κ2) is 13.7. The summed E-state index contributed by atoms with van der Waals surface area (Å²) in [6.45, 7) is 10.4. The van der Waals surface area contributed by atoms with E-state index in [1.807, 2.05) is 6.92 Å². The summed E-state index contributed by atoms with van der Waals surface area (Å²) in [5, 5.41) is 25.8. The van der Waals surface area contributed by atoms with Crippen LogP contribution in [0.4, 0.5) is 0 Å². The summed E-state index contributed by atoms with van der Waals surface area (Å²) in [5.74, 6) is -5.75. The molecule has 0 fully saturated rings. The zero-order valence-electron chi connectivity index (χ0n) is 19.7. The van der Waals surface area contributed by atoms with Crippen molar-refractivity contribution < 1.29 is 34.2 Å². The SMILES string of the molecule is CCC(C)C(N)C(=O)NC(CC(=O)O)C(=O)NC(C(=O)NC(C(=O)O)C(C)CC)C(C)C. The summed E-state index contributed by atoms with van der Waals surface area (Å²) in [7, 11) is 0. The summed E-state index contributed by atoms with van der Waals surface area (Å²) in [5.41, 5.74) is 5.86. The Morgan fingerprint density at radius 3 is 1.66 bits per heavy atom. The number of nitrogens with one attached hydrogen (secondary N) is 3. The minimum absolute atomic E-state index is 0.189. The number of hydrogen-bond acceptors (Lipinski definition) is 6. The first-order valence-electron chi connectivity index (χ1n) is 10.9. The molecule has 0 aromatic carbocycles. The van der Waals surface area contributed by atoms with Crippen molar-refractivity contribution in [2.45, 2.75) is 85.0 Å². The van der Waals surface area contributed by atoms with Crippen molar-refractivity contribution >= 4 is 29.7 Å². The number of carboxylic acid groups (broad SMARTS) is 2. The number of carbonyl (C=O) groups is 5. The Morgan fingerprint density at radius 1 is 0.750 bits per heavy atom. The van der Waals surface area contributed by atoms with Gasteiger partial charge in [-0.2, -0.15) is 0 Å². The number of aliphatic carboxylic acids is 2. The van der Waals surface area contributed by atoms with Crippen molar-refractivity contribution in [2.75, 3.05) is 0 Å². The van der Waals surface area contributed by atoms with Gasteiger partial charge in [-0.25, -0.2) is 4.79 Å². The first kappa shape index (κ1) is 29.3. The molecule has 7 N–H and O–H groups in total. The lowest BCUT2D eigenvalue weighted by Gasteiger charge is -2.28. The second-order valence-electron chi connectivity index (χ2n) is 8.51. The molecule has 0 aliphatic heterocycles. The monoisotopic (exact) mass is 458 g/mol. The Bertz CT molecular complexity index is 683. The topological polar surface area (TPSA) is 188 Å². The van der Waals surface area contributed by atoms with E-state index in [0.717, 1.165) is 0 Å². The summed E-state index contributed by atoms with van der Waals surface area (Å²) in [4.78, 5) is 60.6.